The van der Waals surface area contributed by atoms with E-state index < -0.39 is 21.8 Å². The Bertz CT molecular complexity index is 952. The second-order valence-corrected chi connectivity index (χ2v) is 8.29. The number of carbonyl (C=O) groups excluding carboxylic acids is 2. The number of hydrogen-bond donors (Lipinski definition) is 1. The highest BCUT2D eigenvalue weighted by atomic mass is 32.2. The number of amides is 2. The van der Waals surface area contributed by atoms with Gasteiger partial charge >= 0.3 is 0 Å². The highest BCUT2D eigenvalue weighted by Gasteiger charge is 2.40. The van der Waals surface area contributed by atoms with E-state index in [1.54, 1.807) is 6.92 Å². The molecule has 132 valence electrons. The molecular weight excluding hydrogens is 364 g/mol. The van der Waals surface area contributed by atoms with Crippen LogP contribution < -0.4 is 5.32 Å². The minimum Gasteiger partial charge on any atom is -0.296 e. The Morgan fingerprint density at radius 2 is 2.04 bits per heavy atom. The van der Waals surface area contributed by atoms with Crippen molar-refractivity contribution < 1.29 is 18.0 Å². The second kappa shape index (κ2) is 6.52. The van der Waals surface area contributed by atoms with E-state index in [1.165, 1.54) is 29.5 Å². The molecule has 1 N–H and O–H groups in total. The van der Waals surface area contributed by atoms with E-state index in [9.17, 15) is 18.0 Å². The van der Waals surface area contributed by atoms with Crippen LogP contribution in [0.3, 0.4) is 0 Å². The Balaban J connectivity index is 1.90. The first-order valence-corrected chi connectivity index (χ1v) is 9.99. The average molecular weight is 380 g/mol. The number of sulfonamides is 1. The molecule has 10 heteroatoms. The summed E-state index contributed by atoms with van der Waals surface area (Å²) in [6.07, 6.45) is 1.23. The van der Waals surface area contributed by atoms with E-state index in [0.29, 0.717) is 18.0 Å². The highest BCUT2D eigenvalue weighted by Crippen LogP contribution is 2.31. The van der Waals surface area contributed by atoms with Gasteiger partial charge in [0.15, 0.2) is 0 Å². The van der Waals surface area contributed by atoms with Crippen molar-refractivity contribution in [2.45, 2.75) is 31.6 Å². The summed E-state index contributed by atoms with van der Waals surface area (Å²) >= 11 is 1.25. The van der Waals surface area contributed by atoms with Crippen LogP contribution in [0, 0.1) is 0 Å². The summed E-state index contributed by atoms with van der Waals surface area (Å²) in [4.78, 5) is 24.5. The molecule has 0 bridgehead atoms. The molecule has 0 unspecified atom stereocenters. The normalized spacial score (nSPS) is 15.3. The smallest absolute Gasteiger partial charge is 0.269 e. The van der Waals surface area contributed by atoms with E-state index in [1.807, 2.05) is 6.92 Å². The van der Waals surface area contributed by atoms with Crippen molar-refractivity contribution in [3.8, 4) is 0 Å². The predicted octanol–water partition coefficient (Wildman–Crippen LogP) is 1.91. The Morgan fingerprint density at radius 1 is 1.28 bits per heavy atom. The number of benzene rings is 1. The van der Waals surface area contributed by atoms with Crippen molar-refractivity contribution in [3.05, 3.63) is 34.3 Å². The minimum absolute atomic E-state index is 0.0918. The van der Waals surface area contributed by atoms with Gasteiger partial charge in [-0.05, 0) is 31.0 Å². The van der Waals surface area contributed by atoms with Gasteiger partial charge in [-0.25, -0.2) is 12.7 Å². The maximum Gasteiger partial charge on any atom is 0.269 e. The van der Waals surface area contributed by atoms with E-state index in [-0.39, 0.29) is 22.6 Å². The van der Waals surface area contributed by atoms with E-state index in [4.69, 9.17) is 0 Å². The van der Waals surface area contributed by atoms with Gasteiger partial charge in [-0.3, -0.25) is 14.9 Å². The maximum absolute atomic E-state index is 12.5. The molecule has 0 aliphatic carbocycles. The molecule has 0 saturated heterocycles. The molecular formula is C15H16N4O4S2. The van der Waals surface area contributed by atoms with Gasteiger partial charge in [0.05, 0.1) is 5.56 Å². The van der Waals surface area contributed by atoms with Gasteiger partial charge in [0.2, 0.25) is 5.13 Å². The van der Waals surface area contributed by atoms with Gasteiger partial charge in [0.25, 0.3) is 21.8 Å². The van der Waals surface area contributed by atoms with E-state index in [0.717, 1.165) is 9.31 Å². The Hall–Kier alpha value is -2.33. The van der Waals surface area contributed by atoms with Crippen molar-refractivity contribution in [1.29, 1.82) is 0 Å². The minimum atomic E-state index is -3.91. The first-order chi connectivity index (χ1) is 11.9. The number of aromatic nitrogens is 2. The van der Waals surface area contributed by atoms with Crippen LogP contribution in [0.5, 0.6) is 0 Å². The first-order valence-electron chi connectivity index (χ1n) is 7.73. The highest BCUT2D eigenvalue weighted by molar-refractivity contribution is 7.90. The summed E-state index contributed by atoms with van der Waals surface area (Å²) in [6, 6.07) is 4.03. The molecule has 2 aromatic rings. The molecule has 3 rings (SSSR count). The number of anilines is 1. The van der Waals surface area contributed by atoms with Crippen molar-refractivity contribution >= 4 is 38.3 Å². The molecule has 0 atom stereocenters. The number of hydrogen-bond acceptors (Lipinski definition) is 7. The Kier molecular flexibility index (Phi) is 4.56. The molecule has 0 radical (unpaired) electrons. The third-order valence-electron chi connectivity index (χ3n) is 3.69. The van der Waals surface area contributed by atoms with Gasteiger partial charge in [0.1, 0.15) is 9.90 Å². The van der Waals surface area contributed by atoms with E-state index in [2.05, 4.69) is 15.5 Å². The number of nitrogens with one attached hydrogen (secondary N) is 1. The zero-order chi connectivity index (χ0) is 18.2. The molecule has 0 fully saturated rings. The number of aryl methyl sites for hydroxylation is 1. The molecule has 2 heterocycles. The van der Waals surface area contributed by atoms with Gasteiger partial charge in [-0.15, -0.1) is 10.2 Å². The fourth-order valence-corrected chi connectivity index (χ4v) is 4.82. The summed E-state index contributed by atoms with van der Waals surface area (Å²) in [5.41, 5.74) is 0.232. The van der Waals surface area contributed by atoms with Gasteiger partial charge in [-0.2, -0.15) is 0 Å². The predicted molar refractivity (Wildman–Crippen MR) is 92.2 cm³/mol. The zero-order valence-electron chi connectivity index (χ0n) is 13.6. The van der Waals surface area contributed by atoms with Crippen molar-refractivity contribution in [2.24, 2.45) is 0 Å². The maximum atomic E-state index is 12.5. The largest absolute Gasteiger partial charge is 0.296 e. The van der Waals surface area contributed by atoms with Crippen LogP contribution in [-0.4, -0.2) is 41.3 Å². The zero-order valence-corrected chi connectivity index (χ0v) is 15.3. The lowest BCUT2D eigenvalue weighted by atomic mass is 10.1. The molecule has 1 aliphatic heterocycles. The van der Waals surface area contributed by atoms with Crippen LogP contribution in [0.25, 0.3) is 0 Å². The van der Waals surface area contributed by atoms with Crippen molar-refractivity contribution in [1.82, 2.24) is 14.5 Å². The number of carbonyl (C=O) groups is 2. The molecule has 1 aliphatic rings. The lowest BCUT2D eigenvalue weighted by Gasteiger charge is -2.13. The molecule has 1 aromatic heterocycles. The molecule has 1 aromatic carbocycles. The fourth-order valence-electron chi connectivity index (χ4n) is 2.46. The lowest BCUT2D eigenvalue weighted by molar-refractivity contribution is 0.0870. The van der Waals surface area contributed by atoms with Gasteiger partial charge in [0, 0.05) is 12.1 Å². The topological polar surface area (TPSA) is 109 Å². The van der Waals surface area contributed by atoms with Crippen LogP contribution in [-0.2, 0) is 16.4 Å². The monoisotopic (exact) mass is 380 g/mol. The third kappa shape index (κ3) is 3.02. The molecule has 25 heavy (non-hydrogen) atoms. The van der Waals surface area contributed by atoms with Crippen molar-refractivity contribution in [2.75, 3.05) is 11.9 Å². The second-order valence-electron chi connectivity index (χ2n) is 5.40. The van der Waals surface area contributed by atoms with Gasteiger partial charge < -0.3 is 0 Å². The quantitative estimate of drug-likeness (QED) is 0.848. The van der Waals surface area contributed by atoms with Crippen LogP contribution in [0.15, 0.2) is 23.1 Å². The van der Waals surface area contributed by atoms with Gasteiger partial charge in [-0.1, -0.05) is 25.2 Å². The standard InChI is InChI=1S/C15H16N4O4S2/c1-3-7-19-14(21)10-6-5-9(8-11(10)25(19,22)23)13(20)16-15-18-17-12(4-2)24-15/h5-6,8H,3-4,7H2,1-2H3,(H,16,18,20). The number of nitrogens with zero attached hydrogens (tertiary/aromatic N) is 3. The third-order valence-corrected chi connectivity index (χ3v) is 6.49. The van der Waals surface area contributed by atoms with Crippen LogP contribution in [0.1, 0.15) is 46.0 Å². The van der Waals surface area contributed by atoms with E-state index >= 15 is 0 Å². The van der Waals surface area contributed by atoms with Crippen molar-refractivity contribution in [3.63, 3.8) is 0 Å². The van der Waals surface area contributed by atoms with Crippen LogP contribution >= 0.6 is 11.3 Å². The molecule has 2 amide bonds. The summed E-state index contributed by atoms with van der Waals surface area (Å²) in [5, 5.41) is 11.5. The lowest BCUT2D eigenvalue weighted by Crippen LogP contribution is -2.30. The SMILES string of the molecule is CCCN1C(=O)c2ccc(C(=O)Nc3nnc(CC)s3)cc2S1(=O)=O. The van der Waals surface area contributed by atoms with Crippen LogP contribution in [0.4, 0.5) is 5.13 Å². The average Bonchev–Trinajstić information content (AvgIpc) is 3.12. The summed E-state index contributed by atoms with van der Waals surface area (Å²) in [7, 11) is -3.91. The molecule has 0 spiro atoms. The number of fused-ring (bicyclic) bond motifs is 1. The van der Waals surface area contributed by atoms with Crippen LogP contribution in [0.2, 0.25) is 0 Å². The summed E-state index contributed by atoms with van der Waals surface area (Å²) in [6.45, 7) is 3.83. The molecule has 0 saturated carbocycles. The fraction of sp³-hybridized carbons (Fsp3) is 0.333. The molecule has 8 nitrogen and oxygen atoms in total. The summed E-state index contributed by atoms with van der Waals surface area (Å²) < 4.78 is 25.9. The Labute approximate surface area is 148 Å². The summed E-state index contributed by atoms with van der Waals surface area (Å²) in [5.74, 6) is -1.06. The first kappa shape index (κ1) is 17.5. The Morgan fingerprint density at radius 3 is 2.68 bits per heavy atom. The number of rotatable bonds is 5.